The molecule has 41 heavy (non-hydrogen) atoms. The highest BCUT2D eigenvalue weighted by Gasteiger charge is 2.39. The second-order valence-electron chi connectivity index (χ2n) is 10.9. The molecule has 15 heteroatoms. The van der Waals surface area contributed by atoms with Crippen LogP contribution in [0, 0.1) is 11.8 Å². The van der Waals surface area contributed by atoms with Crippen molar-refractivity contribution in [2.75, 3.05) is 11.9 Å². The Bertz CT molecular complexity index is 1450. The van der Waals surface area contributed by atoms with Crippen LogP contribution in [0.4, 0.5) is 29.3 Å². The van der Waals surface area contributed by atoms with Crippen LogP contribution >= 0.6 is 11.3 Å². The number of thiophene rings is 1. The van der Waals surface area contributed by atoms with Crippen molar-refractivity contribution in [2.45, 2.75) is 69.9 Å². The Morgan fingerprint density at radius 1 is 1.24 bits per heavy atom. The number of carbonyl (C=O) groups excluding carboxylic acids is 2. The van der Waals surface area contributed by atoms with E-state index in [0.29, 0.717) is 47.9 Å². The molecule has 0 radical (unpaired) electrons. The molecular weight excluding hydrogens is 566 g/mol. The Morgan fingerprint density at radius 3 is 2.73 bits per heavy atom. The molecule has 0 saturated heterocycles. The van der Waals surface area contributed by atoms with Crippen LogP contribution in [0.5, 0.6) is 5.88 Å². The van der Waals surface area contributed by atoms with E-state index in [-0.39, 0.29) is 61.3 Å². The fourth-order valence-electron chi connectivity index (χ4n) is 5.52. The summed E-state index contributed by atoms with van der Waals surface area (Å²) in [5, 5.41) is 18.0. The van der Waals surface area contributed by atoms with Gasteiger partial charge in [0, 0.05) is 53.7 Å². The first-order valence-corrected chi connectivity index (χ1v) is 14.4. The monoisotopic (exact) mass is 595 g/mol. The average Bonchev–Trinajstić information content (AvgIpc) is 3.21. The van der Waals surface area contributed by atoms with Crippen molar-refractivity contribution in [1.82, 2.24) is 29.9 Å². The summed E-state index contributed by atoms with van der Waals surface area (Å²) in [6.45, 7) is -2.78. The van der Waals surface area contributed by atoms with Crippen LogP contribution in [0.3, 0.4) is 0 Å². The van der Waals surface area contributed by atoms with Gasteiger partial charge < -0.3 is 15.4 Å². The molecule has 2 N–H and O–H groups in total. The van der Waals surface area contributed by atoms with Crippen LogP contribution in [0.25, 0.3) is 0 Å². The third-order valence-corrected chi connectivity index (χ3v) is 9.33. The summed E-state index contributed by atoms with van der Waals surface area (Å²) >= 11 is 1.45. The molecule has 0 bridgehead atoms. The van der Waals surface area contributed by atoms with E-state index in [1.54, 1.807) is 13.4 Å². The van der Waals surface area contributed by atoms with Gasteiger partial charge in [0.1, 0.15) is 30.3 Å². The highest BCUT2D eigenvalue weighted by Crippen LogP contribution is 2.41. The molecule has 3 aliphatic rings. The molecule has 3 atom stereocenters. The molecule has 2 fully saturated rings. The number of rotatable bonds is 11. The molecule has 0 aromatic carbocycles. The Balaban J connectivity index is 1.23. The molecule has 3 aromatic rings. The smallest absolute Gasteiger partial charge is 0.388 e. The summed E-state index contributed by atoms with van der Waals surface area (Å²) < 4.78 is 59.6. The Labute approximate surface area is 236 Å². The van der Waals surface area contributed by atoms with E-state index in [1.165, 1.54) is 22.1 Å². The number of alkyl halides is 4. The lowest BCUT2D eigenvalue weighted by Crippen LogP contribution is -2.33. The molecular formula is C26H29F4N7O3S. The number of anilines is 2. The first-order chi connectivity index (χ1) is 19.7. The van der Waals surface area contributed by atoms with Crippen LogP contribution in [0.1, 0.15) is 57.4 Å². The maximum absolute atomic E-state index is 13.5. The second-order valence-corrected chi connectivity index (χ2v) is 12.1. The van der Waals surface area contributed by atoms with E-state index in [0.717, 1.165) is 10.4 Å². The van der Waals surface area contributed by atoms with Crippen LogP contribution in [0.2, 0.25) is 0 Å². The minimum absolute atomic E-state index is 0.0641. The zero-order valence-electron chi connectivity index (χ0n) is 22.2. The summed E-state index contributed by atoms with van der Waals surface area (Å²) in [5.41, 5.74) is 1.29. The summed E-state index contributed by atoms with van der Waals surface area (Å²) in [5.74, 6) is -0.432. The number of halogens is 4. The number of nitrogens with zero attached hydrogens (tertiary/aromatic N) is 5. The van der Waals surface area contributed by atoms with Gasteiger partial charge >= 0.3 is 6.61 Å². The number of ketones is 1. The van der Waals surface area contributed by atoms with E-state index < -0.39 is 19.0 Å². The van der Waals surface area contributed by atoms with Crippen molar-refractivity contribution in [3.05, 3.63) is 33.3 Å². The number of carbonyl (C=O) groups is 2. The van der Waals surface area contributed by atoms with Crippen molar-refractivity contribution >= 4 is 34.8 Å². The number of amides is 1. The summed E-state index contributed by atoms with van der Waals surface area (Å²) in [4.78, 5) is 28.0. The number of nitrogens with one attached hydrogen (secondary N) is 2. The number of aromatic nitrogens is 5. The van der Waals surface area contributed by atoms with Crippen LogP contribution in [0.15, 0.2) is 12.4 Å². The fraction of sp³-hybridized carbons (Fsp3) is 0.577. The van der Waals surface area contributed by atoms with Gasteiger partial charge in [-0.05, 0) is 44.1 Å². The van der Waals surface area contributed by atoms with Crippen molar-refractivity contribution in [2.24, 2.45) is 18.9 Å². The van der Waals surface area contributed by atoms with Crippen molar-refractivity contribution in [3.63, 3.8) is 0 Å². The van der Waals surface area contributed by atoms with Gasteiger partial charge in [0.25, 0.3) is 5.91 Å². The first-order valence-electron chi connectivity index (χ1n) is 13.5. The molecule has 220 valence electrons. The minimum Gasteiger partial charge on any atom is -0.415 e. The van der Waals surface area contributed by atoms with Gasteiger partial charge in [0.05, 0.1) is 5.56 Å². The second kappa shape index (κ2) is 11.1. The highest BCUT2D eigenvalue weighted by molar-refractivity contribution is 7.12. The van der Waals surface area contributed by atoms with Gasteiger partial charge in [-0.2, -0.15) is 8.78 Å². The third kappa shape index (κ3) is 5.81. The maximum Gasteiger partial charge on any atom is 0.388 e. The van der Waals surface area contributed by atoms with Gasteiger partial charge in [-0.15, -0.1) is 26.6 Å². The number of fused-ring (bicyclic) bond motifs is 1. The first kappa shape index (κ1) is 27.7. The molecule has 0 aliphatic heterocycles. The highest BCUT2D eigenvalue weighted by atomic mass is 32.1. The molecule has 3 heterocycles. The molecule has 3 aromatic heterocycles. The SMILES string of the molecule is Cn1nc(OC(F)F)cc1Nc1nncn1[C@H]1CCc2sc(CC(=O)C3CC(F)C3)c(C(=O)NC[C@H]3C[C@@H]3F)c2C1. The number of ether oxygens (including phenoxy) is 1. The average molecular weight is 596 g/mol. The van der Waals surface area contributed by atoms with Gasteiger partial charge in [0.15, 0.2) is 0 Å². The quantitative estimate of drug-likeness (QED) is 0.321. The molecule has 6 rings (SSSR count). The minimum atomic E-state index is -3.01. The zero-order chi connectivity index (χ0) is 28.8. The lowest BCUT2D eigenvalue weighted by molar-refractivity contribution is -0.126. The molecule has 0 unspecified atom stereocenters. The molecule has 3 aliphatic carbocycles. The Hall–Kier alpha value is -3.49. The van der Waals surface area contributed by atoms with E-state index in [9.17, 15) is 27.2 Å². The van der Waals surface area contributed by atoms with E-state index in [2.05, 4.69) is 30.7 Å². The Kier molecular flexibility index (Phi) is 7.47. The standard InChI is InChI=1S/C26H29F4N7O3S/c1-36-21(9-22(35-36)40-25(29)30)33-26-34-32-11-37(26)15-2-3-19-16(7-15)23(24(39)31-10-13-6-17(13)28)20(41-19)8-18(38)12-4-14(27)5-12/h9,11-15,17,25H,2-8,10H2,1H3,(H,31,39)(H,33,34)/t12?,13-,14?,15+,17+/m1/s1. The lowest BCUT2D eigenvalue weighted by Gasteiger charge is -2.28. The predicted molar refractivity (Wildman–Crippen MR) is 140 cm³/mol. The van der Waals surface area contributed by atoms with Gasteiger partial charge in [0.2, 0.25) is 11.8 Å². The fourth-order valence-corrected chi connectivity index (χ4v) is 6.87. The van der Waals surface area contributed by atoms with Crippen LogP contribution in [-0.2, 0) is 31.1 Å². The van der Waals surface area contributed by atoms with Crippen LogP contribution in [-0.4, -0.2) is 61.7 Å². The molecule has 10 nitrogen and oxygen atoms in total. The van der Waals surface area contributed by atoms with Crippen molar-refractivity contribution < 1.29 is 31.9 Å². The number of aryl methyl sites for hydroxylation is 2. The normalized spacial score (nSPS) is 25.0. The predicted octanol–water partition coefficient (Wildman–Crippen LogP) is 4.10. The molecule has 2 saturated carbocycles. The van der Waals surface area contributed by atoms with Gasteiger partial charge in [-0.3, -0.25) is 14.2 Å². The van der Waals surface area contributed by atoms with Crippen molar-refractivity contribution in [3.8, 4) is 5.88 Å². The molecule has 0 spiro atoms. The Morgan fingerprint density at radius 2 is 2.02 bits per heavy atom. The molecule has 1 amide bonds. The summed E-state index contributed by atoms with van der Waals surface area (Å²) in [6.07, 6.45) is 2.48. The van der Waals surface area contributed by atoms with Crippen molar-refractivity contribution in [1.29, 1.82) is 0 Å². The van der Waals surface area contributed by atoms with E-state index >= 15 is 0 Å². The maximum atomic E-state index is 13.5. The lowest BCUT2D eigenvalue weighted by atomic mass is 9.79. The summed E-state index contributed by atoms with van der Waals surface area (Å²) in [6, 6.07) is 1.18. The van der Waals surface area contributed by atoms with Crippen LogP contribution < -0.4 is 15.4 Å². The largest absolute Gasteiger partial charge is 0.415 e. The topological polar surface area (TPSA) is 116 Å². The van der Waals surface area contributed by atoms with Gasteiger partial charge in [-0.1, -0.05) is 0 Å². The van der Waals surface area contributed by atoms with E-state index in [1.807, 2.05) is 4.57 Å². The number of Topliss-reactive ketones (excluding diaryl/α,β-unsaturated/α-hetero) is 1. The van der Waals surface area contributed by atoms with E-state index in [4.69, 9.17) is 0 Å². The summed E-state index contributed by atoms with van der Waals surface area (Å²) in [7, 11) is 1.57. The number of hydrogen-bond acceptors (Lipinski definition) is 8. The van der Waals surface area contributed by atoms with Gasteiger partial charge in [-0.25, -0.2) is 13.5 Å². The number of hydrogen-bond donors (Lipinski definition) is 2. The zero-order valence-corrected chi connectivity index (χ0v) is 23.0. The third-order valence-electron chi connectivity index (χ3n) is 8.04.